The van der Waals surface area contributed by atoms with Crippen LogP contribution in [0.15, 0.2) is 85.1 Å². The van der Waals surface area contributed by atoms with Crippen molar-refractivity contribution in [3.8, 4) is 0 Å². The van der Waals surface area contributed by atoms with Crippen LogP contribution in [0, 0.1) is 0 Å². The van der Waals surface area contributed by atoms with Gasteiger partial charge in [0.05, 0.1) is 0 Å². The number of esters is 3. The molecule has 0 saturated carbocycles. The summed E-state index contributed by atoms with van der Waals surface area (Å²) >= 11 is 0. The van der Waals surface area contributed by atoms with Crippen LogP contribution in [-0.4, -0.2) is 37.2 Å². The molecule has 0 aromatic rings. The van der Waals surface area contributed by atoms with Gasteiger partial charge in [0.2, 0.25) is 0 Å². The molecule has 360 valence electrons. The highest BCUT2D eigenvalue weighted by atomic mass is 16.6. The molecule has 0 aliphatic carbocycles. The van der Waals surface area contributed by atoms with Crippen LogP contribution in [0.1, 0.15) is 239 Å². The van der Waals surface area contributed by atoms with E-state index in [0.29, 0.717) is 19.3 Å². The van der Waals surface area contributed by atoms with Gasteiger partial charge in [-0.3, -0.25) is 14.4 Å². The lowest BCUT2D eigenvalue weighted by atomic mass is 10.1. The molecule has 0 amide bonds. The van der Waals surface area contributed by atoms with Gasteiger partial charge < -0.3 is 14.2 Å². The quantitative estimate of drug-likeness (QED) is 0.0262. The van der Waals surface area contributed by atoms with E-state index in [1.807, 2.05) is 0 Å². The maximum absolute atomic E-state index is 12.8. The Labute approximate surface area is 388 Å². The number of carbonyl (C=O) groups excluding carboxylic acids is 3. The zero-order valence-electron chi connectivity index (χ0n) is 41.1. The fourth-order valence-electron chi connectivity index (χ4n) is 6.94. The van der Waals surface area contributed by atoms with Crippen LogP contribution in [-0.2, 0) is 28.6 Å². The molecule has 0 spiro atoms. The maximum Gasteiger partial charge on any atom is 0.306 e. The lowest BCUT2D eigenvalue weighted by Crippen LogP contribution is -2.30. The summed E-state index contributed by atoms with van der Waals surface area (Å²) in [5.74, 6) is -0.980. The Kier molecular flexibility index (Phi) is 48.5. The molecule has 63 heavy (non-hydrogen) atoms. The van der Waals surface area contributed by atoms with Crippen LogP contribution in [0.3, 0.4) is 0 Å². The Balaban J connectivity index is 4.50. The Morgan fingerprint density at radius 1 is 0.333 bits per heavy atom. The highest BCUT2D eigenvalue weighted by molar-refractivity contribution is 5.71. The average molecular weight is 877 g/mol. The van der Waals surface area contributed by atoms with Crippen LogP contribution >= 0.6 is 0 Å². The second kappa shape index (κ2) is 51.2. The number of allylic oxidation sites excluding steroid dienone is 14. The Hall–Kier alpha value is -3.41. The molecule has 0 bridgehead atoms. The topological polar surface area (TPSA) is 78.9 Å². The number of hydrogen-bond acceptors (Lipinski definition) is 6. The standard InChI is InChI=1S/C57H96O6/c1-4-7-10-13-16-19-22-25-27-28-30-32-35-38-41-44-47-50-56(59)62-53-54(52-61-55(58)49-46-43-40-37-34-31-24-21-18-15-12-9-6-3)63-57(60)51-48-45-42-39-36-33-29-26-23-20-17-14-11-8-5-2/h7,10,16,19,21,24-27,29-30,32,38,41,54H,4-6,8-9,11-15,17-18,20,22-23,28,31,33-37,39-40,42-53H2,1-3H3/b10-7-,19-16-,24-21-,27-25-,29-26-,32-30-,41-38-/t54-/m0/s1. The van der Waals surface area contributed by atoms with Crippen molar-refractivity contribution in [2.24, 2.45) is 0 Å². The van der Waals surface area contributed by atoms with Crippen molar-refractivity contribution in [3.05, 3.63) is 85.1 Å². The minimum Gasteiger partial charge on any atom is -0.462 e. The largest absolute Gasteiger partial charge is 0.462 e. The van der Waals surface area contributed by atoms with Crippen LogP contribution in [0.5, 0.6) is 0 Å². The summed E-state index contributed by atoms with van der Waals surface area (Å²) in [6.07, 6.45) is 65.7. The van der Waals surface area contributed by atoms with Crippen molar-refractivity contribution in [1.82, 2.24) is 0 Å². The fraction of sp³-hybridized carbons (Fsp3) is 0.702. The average Bonchev–Trinajstić information content (AvgIpc) is 3.28. The zero-order chi connectivity index (χ0) is 45.8. The zero-order valence-corrected chi connectivity index (χ0v) is 41.1. The third kappa shape index (κ3) is 49.5. The first-order valence-corrected chi connectivity index (χ1v) is 26.1. The molecule has 0 aliphatic heterocycles. The van der Waals surface area contributed by atoms with Crippen LogP contribution in [0.4, 0.5) is 0 Å². The number of ether oxygens (including phenoxy) is 3. The summed E-state index contributed by atoms with van der Waals surface area (Å²) in [6, 6.07) is 0. The van der Waals surface area contributed by atoms with E-state index in [-0.39, 0.29) is 37.5 Å². The fourth-order valence-corrected chi connectivity index (χ4v) is 6.94. The number of hydrogen-bond donors (Lipinski definition) is 0. The van der Waals surface area contributed by atoms with E-state index in [1.54, 1.807) is 0 Å². The number of rotatable bonds is 46. The van der Waals surface area contributed by atoms with E-state index in [4.69, 9.17) is 14.2 Å². The van der Waals surface area contributed by atoms with Crippen LogP contribution in [0.25, 0.3) is 0 Å². The van der Waals surface area contributed by atoms with E-state index in [1.165, 1.54) is 89.9 Å². The van der Waals surface area contributed by atoms with Crippen molar-refractivity contribution >= 4 is 17.9 Å². The van der Waals surface area contributed by atoms with Crippen molar-refractivity contribution in [2.45, 2.75) is 245 Å². The first-order valence-electron chi connectivity index (χ1n) is 26.1. The summed E-state index contributed by atoms with van der Waals surface area (Å²) in [6.45, 7) is 6.44. The lowest BCUT2D eigenvalue weighted by molar-refractivity contribution is -0.167. The van der Waals surface area contributed by atoms with Gasteiger partial charge in [0, 0.05) is 19.3 Å². The second-order valence-corrected chi connectivity index (χ2v) is 17.0. The third-order valence-corrected chi connectivity index (χ3v) is 10.9. The molecular weight excluding hydrogens is 781 g/mol. The molecule has 0 rings (SSSR count). The van der Waals surface area contributed by atoms with Gasteiger partial charge >= 0.3 is 17.9 Å². The molecule has 6 nitrogen and oxygen atoms in total. The highest BCUT2D eigenvalue weighted by Gasteiger charge is 2.19. The third-order valence-electron chi connectivity index (χ3n) is 10.9. The van der Waals surface area contributed by atoms with Gasteiger partial charge in [-0.15, -0.1) is 0 Å². The summed E-state index contributed by atoms with van der Waals surface area (Å²) in [5.41, 5.74) is 0. The first-order chi connectivity index (χ1) is 31.0. The van der Waals surface area contributed by atoms with E-state index < -0.39 is 6.10 Å². The van der Waals surface area contributed by atoms with Gasteiger partial charge in [-0.05, 0) is 109 Å². The van der Waals surface area contributed by atoms with Gasteiger partial charge in [-0.1, -0.05) is 196 Å². The molecular formula is C57H96O6. The van der Waals surface area contributed by atoms with E-state index >= 15 is 0 Å². The van der Waals surface area contributed by atoms with E-state index in [9.17, 15) is 14.4 Å². The van der Waals surface area contributed by atoms with Gasteiger partial charge in [0.25, 0.3) is 0 Å². The van der Waals surface area contributed by atoms with Gasteiger partial charge in [0.1, 0.15) is 13.2 Å². The molecule has 0 heterocycles. The summed E-state index contributed by atoms with van der Waals surface area (Å²) in [4.78, 5) is 38.0. The predicted octanol–water partition coefficient (Wildman–Crippen LogP) is 17.2. The molecule has 0 aliphatic rings. The monoisotopic (exact) mass is 877 g/mol. The molecule has 0 fully saturated rings. The van der Waals surface area contributed by atoms with Gasteiger partial charge in [-0.2, -0.15) is 0 Å². The molecule has 0 aromatic heterocycles. The number of unbranched alkanes of at least 4 members (excludes halogenated alkanes) is 21. The Bertz CT molecular complexity index is 1240. The van der Waals surface area contributed by atoms with Crippen LogP contribution < -0.4 is 0 Å². The Morgan fingerprint density at radius 2 is 0.635 bits per heavy atom. The normalized spacial score (nSPS) is 12.7. The van der Waals surface area contributed by atoms with Gasteiger partial charge in [0.15, 0.2) is 6.10 Å². The molecule has 0 unspecified atom stereocenters. The maximum atomic E-state index is 12.8. The molecule has 0 saturated heterocycles. The smallest absolute Gasteiger partial charge is 0.306 e. The van der Waals surface area contributed by atoms with Crippen molar-refractivity contribution in [1.29, 1.82) is 0 Å². The van der Waals surface area contributed by atoms with E-state index in [2.05, 4.69) is 106 Å². The lowest BCUT2D eigenvalue weighted by Gasteiger charge is -2.18. The first kappa shape index (κ1) is 59.6. The SMILES string of the molecule is CC/C=C\C/C=C\C/C=C\C/C=C\C/C=C\CCCC(=O)OC[C@H](COC(=O)CCCCCCC/C=C\CCCCCC)OC(=O)CCCCCCC/C=C\CCCCCCCC. The van der Waals surface area contributed by atoms with Crippen molar-refractivity contribution in [3.63, 3.8) is 0 Å². The molecule has 6 heteroatoms. The second-order valence-electron chi connectivity index (χ2n) is 17.0. The van der Waals surface area contributed by atoms with Crippen molar-refractivity contribution < 1.29 is 28.6 Å². The van der Waals surface area contributed by atoms with Gasteiger partial charge in [-0.25, -0.2) is 0 Å². The molecule has 0 aromatic carbocycles. The summed E-state index contributed by atoms with van der Waals surface area (Å²) in [7, 11) is 0. The number of carbonyl (C=O) groups is 3. The summed E-state index contributed by atoms with van der Waals surface area (Å²) < 4.78 is 16.7. The minimum atomic E-state index is -0.806. The Morgan fingerprint density at radius 3 is 1.06 bits per heavy atom. The van der Waals surface area contributed by atoms with Crippen molar-refractivity contribution in [2.75, 3.05) is 13.2 Å². The summed E-state index contributed by atoms with van der Waals surface area (Å²) in [5, 5.41) is 0. The molecule has 0 N–H and O–H groups in total. The molecule has 1 atom stereocenters. The van der Waals surface area contributed by atoms with E-state index in [0.717, 1.165) is 103 Å². The van der Waals surface area contributed by atoms with Crippen LogP contribution in [0.2, 0.25) is 0 Å². The predicted molar refractivity (Wildman–Crippen MR) is 270 cm³/mol. The molecule has 0 radical (unpaired) electrons. The minimum absolute atomic E-state index is 0.102. The highest BCUT2D eigenvalue weighted by Crippen LogP contribution is 2.13.